The fourth-order valence-corrected chi connectivity index (χ4v) is 2.15. The summed E-state index contributed by atoms with van der Waals surface area (Å²) < 4.78 is 12.5. The van der Waals surface area contributed by atoms with E-state index in [2.05, 4.69) is 20.4 Å². The second kappa shape index (κ2) is 6.99. The first-order chi connectivity index (χ1) is 11.6. The molecule has 0 aliphatic carbocycles. The summed E-state index contributed by atoms with van der Waals surface area (Å²) in [6, 6.07) is 11.3. The number of methoxy groups -OCH3 is 1. The molecular formula is C17H19N5O2. The number of anilines is 2. The summed E-state index contributed by atoms with van der Waals surface area (Å²) in [7, 11) is 1.58. The average Bonchev–Trinajstić information content (AvgIpc) is 3.03. The molecule has 0 fully saturated rings. The van der Waals surface area contributed by atoms with Gasteiger partial charge in [0.15, 0.2) is 0 Å². The summed E-state index contributed by atoms with van der Waals surface area (Å²) in [4.78, 5) is 8.35. The van der Waals surface area contributed by atoms with Gasteiger partial charge >= 0.3 is 0 Å². The number of nitrogens with one attached hydrogen (secondary N) is 1. The lowest BCUT2D eigenvalue weighted by Crippen LogP contribution is -2.05. The van der Waals surface area contributed by atoms with Crippen LogP contribution in [-0.2, 0) is 0 Å². The number of hydrogen-bond donors (Lipinski definition) is 1. The molecular weight excluding hydrogens is 306 g/mol. The molecule has 3 aromatic rings. The van der Waals surface area contributed by atoms with Crippen molar-refractivity contribution >= 4 is 11.6 Å². The van der Waals surface area contributed by atoms with E-state index >= 15 is 0 Å². The van der Waals surface area contributed by atoms with Crippen LogP contribution < -0.4 is 14.8 Å². The van der Waals surface area contributed by atoms with Crippen molar-refractivity contribution in [3.63, 3.8) is 0 Å². The monoisotopic (exact) mass is 325 g/mol. The molecule has 0 spiro atoms. The summed E-state index contributed by atoms with van der Waals surface area (Å²) in [6.45, 7) is 3.98. The Kier molecular flexibility index (Phi) is 4.60. The number of ether oxygens (including phenoxy) is 2. The number of hydrogen-bond acceptors (Lipinski definition) is 6. The molecule has 0 bridgehead atoms. The van der Waals surface area contributed by atoms with Gasteiger partial charge < -0.3 is 14.8 Å². The molecule has 0 saturated carbocycles. The Morgan fingerprint density at radius 3 is 2.79 bits per heavy atom. The second-order valence-corrected chi connectivity index (χ2v) is 5.39. The Morgan fingerprint density at radius 1 is 1.12 bits per heavy atom. The molecule has 24 heavy (non-hydrogen) atoms. The molecule has 124 valence electrons. The van der Waals surface area contributed by atoms with Gasteiger partial charge in [-0.1, -0.05) is 6.07 Å². The van der Waals surface area contributed by atoms with Gasteiger partial charge in [0, 0.05) is 24.0 Å². The van der Waals surface area contributed by atoms with Gasteiger partial charge in [0.05, 0.1) is 18.9 Å². The van der Waals surface area contributed by atoms with Gasteiger partial charge in [0.2, 0.25) is 11.8 Å². The first-order valence-electron chi connectivity index (χ1n) is 7.60. The molecule has 0 aliphatic heterocycles. The standard InChI is InChI=1S/C17H19N5O2/c1-12(2)24-15-6-4-5-13(9-15)20-17-19-11-22(21-17)14-7-8-18-16(10-14)23-3/h4-12H,1-3H3,(H,20,21). The van der Waals surface area contributed by atoms with Crippen LogP contribution in [0.1, 0.15) is 13.8 Å². The lowest BCUT2D eigenvalue weighted by Gasteiger charge is -2.10. The summed E-state index contributed by atoms with van der Waals surface area (Å²) in [5.74, 6) is 1.82. The topological polar surface area (TPSA) is 74.1 Å². The van der Waals surface area contributed by atoms with E-state index in [0.29, 0.717) is 11.8 Å². The fourth-order valence-electron chi connectivity index (χ4n) is 2.15. The van der Waals surface area contributed by atoms with Crippen LogP contribution in [0.25, 0.3) is 5.69 Å². The highest BCUT2D eigenvalue weighted by Crippen LogP contribution is 2.21. The number of nitrogens with zero attached hydrogens (tertiary/aromatic N) is 4. The van der Waals surface area contributed by atoms with Crippen LogP contribution in [0, 0.1) is 0 Å². The van der Waals surface area contributed by atoms with Gasteiger partial charge in [-0.15, -0.1) is 5.10 Å². The van der Waals surface area contributed by atoms with Crippen molar-refractivity contribution < 1.29 is 9.47 Å². The SMILES string of the molecule is COc1cc(-n2cnc(Nc3cccc(OC(C)C)c3)n2)ccn1. The van der Waals surface area contributed by atoms with Crippen molar-refractivity contribution in [2.45, 2.75) is 20.0 Å². The smallest absolute Gasteiger partial charge is 0.246 e. The Bertz CT molecular complexity index is 816. The highest BCUT2D eigenvalue weighted by atomic mass is 16.5. The lowest BCUT2D eigenvalue weighted by molar-refractivity contribution is 0.242. The van der Waals surface area contributed by atoms with Crippen molar-refractivity contribution in [2.24, 2.45) is 0 Å². The Labute approximate surface area is 140 Å². The van der Waals surface area contributed by atoms with E-state index in [-0.39, 0.29) is 6.10 Å². The van der Waals surface area contributed by atoms with Gasteiger partial charge in [-0.25, -0.2) is 9.67 Å². The molecule has 0 radical (unpaired) electrons. The first kappa shape index (κ1) is 15.8. The molecule has 0 saturated heterocycles. The number of aromatic nitrogens is 4. The molecule has 0 amide bonds. The van der Waals surface area contributed by atoms with Crippen LogP contribution in [0.5, 0.6) is 11.6 Å². The number of benzene rings is 1. The van der Waals surface area contributed by atoms with Crippen molar-refractivity contribution in [1.82, 2.24) is 19.7 Å². The minimum absolute atomic E-state index is 0.124. The molecule has 0 aliphatic rings. The molecule has 0 atom stereocenters. The van der Waals surface area contributed by atoms with Crippen LogP contribution in [0.2, 0.25) is 0 Å². The largest absolute Gasteiger partial charge is 0.491 e. The zero-order valence-electron chi connectivity index (χ0n) is 13.8. The van der Waals surface area contributed by atoms with Crippen molar-refractivity contribution in [3.05, 3.63) is 48.9 Å². The molecule has 3 rings (SSSR count). The number of pyridine rings is 1. The van der Waals surface area contributed by atoms with Crippen LogP contribution in [0.4, 0.5) is 11.6 Å². The maximum atomic E-state index is 5.69. The third kappa shape index (κ3) is 3.81. The van der Waals surface area contributed by atoms with E-state index in [0.717, 1.165) is 17.1 Å². The third-order valence-corrected chi connectivity index (χ3v) is 3.15. The molecule has 2 heterocycles. The third-order valence-electron chi connectivity index (χ3n) is 3.15. The first-order valence-corrected chi connectivity index (χ1v) is 7.60. The van der Waals surface area contributed by atoms with Crippen LogP contribution in [0.3, 0.4) is 0 Å². The molecule has 7 nitrogen and oxygen atoms in total. The maximum absolute atomic E-state index is 5.69. The highest BCUT2D eigenvalue weighted by molar-refractivity contribution is 5.55. The minimum atomic E-state index is 0.124. The van der Waals surface area contributed by atoms with Gasteiger partial charge in [0.25, 0.3) is 0 Å². The van der Waals surface area contributed by atoms with E-state index < -0.39 is 0 Å². The van der Waals surface area contributed by atoms with E-state index in [1.54, 1.807) is 30.4 Å². The zero-order valence-corrected chi connectivity index (χ0v) is 13.8. The van der Waals surface area contributed by atoms with E-state index in [1.165, 1.54) is 0 Å². The quantitative estimate of drug-likeness (QED) is 0.750. The zero-order chi connectivity index (χ0) is 16.9. The van der Waals surface area contributed by atoms with Gasteiger partial charge in [-0.05, 0) is 32.0 Å². The lowest BCUT2D eigenvalue weighted by atomic mass is 10.3. The molecule has 2 aromatic heterocycles. The van der Waals surface area contributed by atoms with Crippen LogP contribution in [0.15, 0.2) is 48.9 Å². The van der Waals surface area contributed by atoms with E-state index in [9.17, 15) is 0 Å². The summed E-state index contributed by atoms with van der Waals surface area (Å²) >= 11 is 0. The Hall–Kier alpha value is -3.09. The van der Waals surface area contributed by atoms with Crippen molar-refractivity contribution in [1.29, 1.82) is 0 Å². The Balaban J connectivity index is 1.76. The van der Waals surface area contributed by atoms with Crippen LogP contribution in [-0.4, -0.2) is 33.0 Å². The fraction of sp³-hybridized carbons (Fsp3) is 0.235. The van der Waals surface area contributed by atoms with E-state index in [1.807, 2.05) is 44.2 Å². The summed E-state index contributed by atoms with van der Waals surface area (Å²) in [6.07, 6.45) is 3.42. The van der Waals surface area contributed by atoms with E-state index in [4.69, 9.17) is 9.47 Å². The normalized spacial score (nSPS) is 10.7. The van der Waals surface area contributed by atoms with Crippen molar-refractivity contribution in [3.8, 4) is 17.3 Å². The predicted octanol–water partition coefficient (Wildman–Crippen LogP) is 3.20. The molecule has 1 aromatic carbocycles. The number of rotatable bonds is 6. The van der Waals surface area contributed by atoms with Crippen molar-refractivity contribution in [2.75, 3.05) is 12.4 Å². The average molecular weight is 325 g/mol. The van der Waals surface area contributed by atoms with Crippen LogP contribution >= 0.6 is 0 Å². The summed E-state index contributed by atoms with van der Waals surface area (Å²) in [5, 5.41) is 7.58. The highest BCUT2D eigenvalue weighted by Gasteiger charge is 2.06. The maximum Gasteiger partial charge on any atom is 0.246 e. The van der Waals surface area contributed by atoms with Gasteiger partial charge in [0.1, 0.15) is 12.1 Å². The molecule has 1 N–H and O–H groups in total. The molecule has 7 heteroatoms. The van der Waals surface area contributed by atoms with Gasteiger partial charge in [-0.3, -0.25) is 0 Å². The Morgan fingerprint density at radius 2 is 2.00 bits per heavy atom. The van der Waals surface area contributed by atoms with Gasteiger partial charge in [-0.2, -0.15) is 4.98 Å². The summed E-state index contributed by atoms with van der Waals surface area (Å²) in [5.41, 5.74) is 1.68. The minimum Gasteiger partial charge on any atom is -0.491 e. The second-order valence-electron chi connectivity index (χ2n) is 5.39. The predicted molar refractivity (Wildman–Crippen MR) is 91.2 cm³/mol. The molecule has 0 unspecified atom stereocenters.